The van der Waals surface area contributed by atoms with Crippen molar-refractivity contribution in [3.63, 3.8) is 0 Å². The smallest absolute Gasteiger partial charge is 0.0744 e. The Hall–Kier alpha value is -1.87. The van der Waals surface area contributed by atoms with Crippen molar-refractivity contribution in [3.05, 3.63) is 70.3 Å². The highest BCUT2D eigenvalue weighted by molar-refractivity contribution is 9.10. The summed E-state index contributed by atoms with van der Waals surface area (Å²) in [4.78, 5) is 0. The van der Waals surface area contributed by atoms with Gasteiger partial charge < -0.3 is 0 Å². The number of aryl methyl sites for hydroxylation is 1. The third-order valence-electron chi connectivity index (χ3n) is 3.55. The lowest BCUT2D eigenvalue weighted by Crippen LogP contribution is -2.00. The molecule has 0 saturated heterocycles. The predicted octanol–water partition coefficient (Wildman–Crippen LogP) is 4.92. The van der Waals surface area contributed by atoms with Gasteiger partial charge in [-0.15, -0.1) is 0 Å². The Morgan fingerprint density at radius 2 is 1.75 bits per heavy atom. The average molecular weight is 327 g/mol. The fourth-order valence-corrected chi connectivity index (χ4v) is 2.94. The van der Waals surface area contributed by atoms with Gasteiger partial charge in [0.1, 0.15) is 0 Å². The summed E-state index contributed by atoms with van der Waals surface area (Å²) in [6.07, 6.45) is 1.85. The maximum Gasteiger partial charge on any atom is 0.0744 e. The van der Waals surface area contributed by atoms with Crippen LogP contribution in [0.3, 0.4) is 0 Å². The minimum Gasteiger partial charge on any atom is -0.233 e. The molecule has 0 radical (unpaired) electrons. The molecule has 0 amide bonds. The van der Waals surface area contributed by atoms with Gasteiger partial charge in [-0.05, 0) is 55.3 Å². The van der Waals surface area contributed by atoms with E-state index in [4.69, 9.17) is 0 Å². The lowest BCUT2D eigenvalue weighted by Gasteiger charge is -2.12. The average Bonchev–Trinajstić information content (AvgIpc) is 2.93. The number of hydrogen-bond acceptors (Lipinski definition) is 1. The highest BCUT2D eigenvalue weighted by atomic mass is 79.9. The molecule has 0 aliphatic heterocycles. The Morgan fingerprint density at radius 3 is 2.50 bits per heavy atom. The van der Waals surface area contributed by atoms with Gasteiger partial charge in [-0.1, -0.05) is 34.1 Å². The van der Waals surface area contributed by atoms with Crippen LogP contribution < -0.4 is 0 Å². The molecule has 0 spiro atoms. The van der Waals surface area contributed by atoms with Gasteiger partial charge in [0.15, 0.2) is 0 Å². The summed E-state index contributed by atoms with van der Waals surface area (Å²) in [6.45, 7) is 4.28. The summed E-state index contributed by atoms with van der Waals surface area (Å²) < 4.78 is 3.07. The highest BCUT2D eigenvalue weighted by Crippen LogP contribution is 2.30. The Bertz CT molecular complexity index is 745. The van der Waals surface area contributed by atoms with Crippen LogP contribution in [0.15, 0.2) is 59.2 Å². The van der Waals surface area contributed by atoms with Crippen molar-refractivity contribution in [3.8, 4) is 16.9 Å². The Kier molecular flexibility index (Phi) is 3.45. The first-order valence-corrected chi connectivity index (χ1v) is 7.32. The van der Waals surface area contributed by atoms with E-state index in [1.54, 1.807) is 0 Å². The van der Waals surface area contributed by atoms with Crippen LogP contribution in [0.5, 0.6) is 0 Å². The van der Waals surface area contributed by atoms with Crippen LogP contribution in [0.4, 0.5) is 0 Å². The number of hydrogen-bond donors (Lipinski definition) is 0. The van der Waals surface area contributed by atoms with Crippen molar-refractivity contribution in [2.75, 3.05) is 0 Å². The largest absolute Gasteiger partial charge is 0.233 e. The van der Waals surface area contributed by atoms with Gasteiger partial charge in [-0.25, -0.2) is 4.68 Å². The second kappa shape index (κ2) is 5.25. The van der Waals surface area contributed by atoms with Gasteiger partial charge in [0.2, 0.25) is 0 Å². The lowest BCUT2D eigenvalue weighted by atomic mass is 10.0. The van der Waals surface area contributed by atoms with E-state index in [1.807, 2.05) is 29.1 Å². The molecule has 0 N–H and O–H groups in total. The molecule has 0 saturated carbocycles. The van der Waals surface area contributed by atoms with Crippen LogP contribution in [0, 0.1) is 13.8 Å². The predicted molar refractivity (Wildman–Crippen MR) is 86.2 cm³/mol. The molecule has 20 heavy (non-hydrogen) atoms. The summed E-state index contributed by atoms with van der Waals surface area (Å²) in [5.41, 5.74) is 5.95. The first-order chi connectivity index (χ1) is 9.66. The molecule has 100 valence electrons. The van der Waals surface area contributed by atoms with Crippen molar-refractivity contribution in [1.29, 1.82) is 0 Å². The summed E-state index contributed by atoms with van der Waals surface area (Å²) in [5.74, 6) is 0. The second-order valence-electron chi connectivity index (χ2n) is 4.86. The maximum atomic E-state index is 4.46. The van der Waals surface area contributed by atoms with Gasteiger partial charge >= 0.3 is 0 Å². The minimum absolute atomic E-state index is 1.07. The summed E-state index contributed by atoms with van der Waals surface area (Å²) in [5, 5.41) is 4.46. The zero-order valence-corrected chi connectivity index (χ0v) is 13.1. The van der Waals surface area contributed by atoms with Crippen LogP contribution in [0.2, 0.25) is 0 Å². The van der Waals surface area contributed by atoms with E-state index < -0.39 is 0 Å². The van der Waals surface area contributed by atoms with Gasteiger partial charge in [0.25, 0.3) is 0 Å². The highest BCUT2D eigenvalue weighted by Gasteiger charge is 2.11. The standard InChI is InChI=1S/C17H15BrN2/c1-12-10-14(18)11-16(13(12)2)17-8-9-19-20(17)15-6-4-3-5-7-15/h3-11H,1-2H3. The summed E-state index contributed by atoms with van der Waals surface area (Å²) in [6, 6.07) is 16.6. The number of halogens is 1. The zero-order chi connectivity index (χ0) is 14.1. The quantitative estimate of drug-likeness (QED) is 0.653. The van der Waals surface area contributed by atoms with E-state index in [9.17, 15) is 0 Å². The van der Waals surface area contributed by atoms with E-state index in [1.165, 1.54) is 16.7 Å². The molecular formula is C17H15BrN2. The van der Waals surface area contributed by atoms with E-state index >= 15 is 0 Å². The number of nitrogens with zero attached hydrogens (tertiary/aromatic N) is 2. The molecule has 0 unspecified atom stereocenters. The van der Waals surface area contributed by atoms with Gasteiger partial charge in [0.05, 0.1) is 17.6 Å². The molecule has 0 aliphatic rings. The molecule has 0 fully saturated rings. The van der Waals surface area contributed by atoms with E-state index in [-0.39, 0.29) is 0 Å². The molecule has 2 nitrogen and oxygen atoms in total. The third-order valence-corrected chi connectivity index (χ3v) is 4.01. The molecule has 1 aromatic heterocycles. The lowest BCUT2D eigenvalue weighted by molar-refractivity contribution is 0.887. The zero-order valence-electron chi connectivity index (χ0n) is 11.5. The van der Waals surface area contributed by atoms with Crippen LogP contribution in [0.25, 0.3) is 16.9 Å². The maximum absolute atomic E-state index is 4.46. The number of aromatic nitrogens is 2. The first kappa shape index (κ1) is 13.1. The molecule has 1 heterocycles. The first-order valence-electron chi connectivity index (χ1n) is 6.53. The van der Waals surface area contributed by atoms with Crippen molar-refractivity contribution >= 4 is 15.9 Å². The number of rotatable bonds is 2. The van der Waals surface area contributed by atoms with E-state index in [0.717, 1.165) is 15.9 Å². The van der Waals surface area contributed by atoms with Gasteiger partial charge in [-0.3, -0.25) is 0 Å². The van der Waals surface area contributed by atoms with Crippen molar-refractivity contribution in [1.82, 2.24) is 9.78 Å². The summed E-state index contributed by atoms with van der Waals surface area (Å²) in [7, 11) is 0. The Balaban J connectivity index is 2.21. The Morgan fingerprint density at radius 1 is 1.00 bits per heavy atom. The van der Waals surface area contributed by atoms with Crippen LogP contribution in [-0.2, 0) is 0 Å². The molecular weight excluding hydrogens is 312 g/mol. The summed E-state index contributed by atoms with van der Waals surface area (Å²) >= 11 is 3.58. The Labute approximate surface area is 127 Å². The van der Waals surface area contributed by atoms with Crippen LogP contribution >= 0.6 is 15.9 Å². The van der Waals surface area contributed by atoms with Crippen molar-refractivity contribution in [2.24, 2.45) is 0 Å². The molecule has 3 heteroatoms. The van der Waals surface area contributed by atoms with Crippen molar-refractivity contribution < 1.29 is 0 Å². The number of para-hydroxylation sites is 1. The van der Waals surface area contributed by atoms with Crippen LogP contribution in [0.1, 0.15) is 11.1 Å². The second-order valence-corrected chi connectivity index (χ2v) is 5.77. The normalized spacial score (nSPS) is 10.8. The number of benzene rings is 2. The van der Waals surface area contributed by atoms with Gasteiger partial charge in [0, 0.05) is 10.0 Å². The molecule has 0 bridgehead atoms. The van der Waals surface area contributed by atoms with E-state index in [2.05, 4.69) is 65.2 Å². The molecule has 0 atom stereocenters. The monoisotopic (exact) mass is 326 g/mol. The van der Waals surface area contributed by atoms with Crippen LogP contribution in [-0.4, -0.2) is 9.78 Å². The topological polar surface area (TPSA) is 17.8 Å². The molecule has 0 aliphatic carbocycles. The molecule has 3 rings (SSSR count). The minimum atomic E-state index is 1.07. The van der Waals surface area contributed by atoms with E-state index in [0.29, 0.717) is 0 Å². The molecule has 3 aromatic rings. The fraction of sp³-hybridized carbons (Fsp3) is 0.118. The van der Waals surface area contributed by atoms with Crippen molar-refractivity contribution in [2.45, 2.75) is 13.8 Å². The fourth-order valence-electron chi connectivity index (χ4n) is 2.36. The third kappa shape index (κ3) is 2.29. The SMILES string of the molecule is Cc1cc(Br)cc(-c2ccnn2-c2ccccc2)c1C. The molecule has 2 aromatic carbocycles. The van der Waals surface area contributed by atoms with Gasteiger partial charge in [-0.2, -0.15) is 5.10 Å².